The number of carbonyl (C=O) groups is 2. The van der Waals surface area contributed by atoms with Crippen LogP contribution in [0.3, 0.4) is 0 Å². The molecule has 0 saturated carbocycles. The van der Waals surface area contributed by atoms with E-state index in [2.05, 4.69) is 5.10 Å². The second-order valence-corrected chi connectivity index (χ2v) is 7.09. The van der Waals surface area contributed by atoms with Crippen LogP contribution >= 0.6 is 0 Å². The minimum atomic E-state index is -1.21. The number of anilines is 1. The zero-order valence-corrected chi connectivity index (χ0v) is 16.4. The van der Waals surface area contributed by atoms with Gasteiger partial charge in [-0.3, -0.25) is 9.58 Å². The highest BCUT2D eigenvalue weighted by Crippen LogP contribution is 2.26. The van der Waals surface area contributed by atoms with E-state index in [4.69, 9.17) is 9.84 Å². The number of nitrogens with zero attached hydrogens (tertiary/aromatic N) is 4. The molecule has 3 aromatic rings. The topological polar surface area (TPSA) is 87.9 Å². The fourth-order valence-corrected chi connectivity index (χ4v) is 3.47. The van der Waals surface area contributed by atoms with E-state index in [9.17, 15) is 14.0 Å². The Morgan fingerprint density at radius 1 is 1.20 bits per heavy atom. The quantitative estimate of drug-likeness (QED) is 0.712. The van der Waals surface area contributed by atoms with Crippen LogP contribution in [0.1, 0.15) is 15.9 Å². The van der Waals surface area contributed by atoms with Gasteiger partial charge in [-0.05, 0) is 30.3 Å². The van der Waals surface area contributed by atoms with E-state index in [0.29, 0.717) is 32.0 Å². The van der Waals surface area contributed by atoms with Crippen molar-refractivity contribution in [2.75, 3.05) is 31.2 Å². The predicted octanol–water partition coefficient (Wildman–Crippen LogP) is 2.87. The lowest BCUT2D eigenvalue weighted by Crippen LogP contribution is -2.48. The molecule has 1 aliphatic rings. The highest BCUT2D eigenvalue weighted by Gasteiger charge is 2.26. The van der Waals surface area contributed by atoms with Gasteiger partial charge in [0.1, 0.15) is 5.82 Å². The van der Waals surface area contributed by atoms with Gasteiger partial charge in [0, 0.05) is 36.8 Å². The molecule has 156 valence electrons. The number of rotatable bonds is 4. The molecule has 0 spiro atoms. The number of urea groups is 1. The summed E-state index contributed by atoms with van der Waals surface area (Å²) in [7, 11) is 1.81. The summed E-state index contributed by atoms with van der Waals surface area (Å²) in [6.07, 6.45) is 1.73. The van der Waals surface area contributed by atoms with Crippen LogP contribution in [0.15, 0.2) is 42.6 Å². The Bertz CT molecular complexity index is 1110. The number of benzene rings is 2. The van der Waals surface area contributed by atoms with Crippen LogP contribution in [0.4, 0.5) is 14.9 Å². The van der Waals surface area contributed by atoms with Crippen molar-refractivity contribution in [2.24, 2.45) is 7.05 Å². The van der Waals surface area contributed by atoms with Crippen LogP contribution in [0.2, 0.25) is 0 Å². The molecule has 1 aromatic heterocycles. The normalized spacial score (nSPS) is 14.1. The molecule has 0 atom stereocenters. The molecular weight excluding hydrogens is 391 g/mol. The van der Waals surface area contributed by atoms with Crippen LogP contribution < -0.4 is 4.90 Å². The number of ether oxygens (including phenoxy) is 1. The number of aromatic carboxylic acids is 1. The van der Waals surface area contributed by atoms with Crippen molar-refractivity contribution in [2.45, 2.75) is 6.54 Å². The van der Waals surface area contributed by atoms with E-state index in [1.807, 2.05) is 19.2 Å². The smallest absolute Gasteiger partial charge is 0.335 e. The van der Waals surface area contributed by atoms with E-state index < -0.39 is 11.8 Å². The Labute approximate surface area is 172 Å². The number of fused-ring (bicyclic) bond motifs is 1. The van der Waals surface area contributed by atoms with Crippen LogP contribution in [0.5, 0.6) is 0 Å². The average molecular weight is 412 g/mol. The van der Waals surface area contributed by atoms with Crippen molar-refractivity contribution in [3.05, 3.63) is 59.5 Å². The van der Waals surface area contributed by atoms with E-state index in [1.165, 1.54) is 17.0 Å². The number of aryl methyl sites for hydroxylation is 1. The maximum absolute atomic E-state index is 14.6. The molecule has 2 aromatic carbocycles. The standard InChI is InChI=1S/C21H21FN4O4/c1-24-19-11-17(5-4-15(19)12-23-24)26(21(29)25-6-8-30-9-7-25)13-16-3-2-14(20(27)28)10-18(16)22/h2-5,10-12H,6-9,13H2,1H3,(H,27,28). The summed E-state index contributed by atoms with van der Waals surface area (Å²) in [5, 5.41) is 14.2. The Morgan fingerprint density at radius 3 is 2.67 bits per heavy atom. The third-order valence-electron chi connectivity index (χ3n) is 5.19. The van der Waals surface area contributed by atoms with Crippen LogP contribution in [-0.2, 0) is 18.3 Å². The summed E-state index contributed by atoms with van der Waals surface area (Å²) < 4.78 is 21.6. The SMILES string of the molecule is Cn1ncc2ccc(N(Cc3ccc(C(=O)O)cc3F)C(=O)N3CCOCC3)cc21. The van der Waals surface area contributed by atoms with Crippen molar-refractivity contribution in [1.29, 1.82) is 0 Å². The van der Waals surface area contributed by atoms with Gasteiger partial charge in [0.05, 0.1) is 37.0 Å². The first-order chi connectivity index (χ1) is 14.4. The van der Waals surface area contributed by atoms with Crippen LogP contribution in [-0.4, -0.2) is 58.1 Å². The minimum absolute atomic E-state index is 0.0364. The van der Waals surface area contributed by atoms with Gasteiger partial charge >= 0.3 is 12.0 Å². The summed E-state index contributed by atoms with van der Waals surface area (Å²) in [5.41, 5.74) is 1.53. The lowest BCUT2D eigenvalue weighted by atomic mass is 10.1. The predicted molar refractivity (Wildman–Crippen MR) is 108 cm³/mol. The number of amides is 2. The number of morpholine rings is 1. The lowest BCUT2D eigenvalue weighted by molar-refractivity contribution is 0.0548. The molecular formula is C21H21FN4O4. The van der Waals surface area contributed by atoms with Gasteiger partial charge in [-0.1, -0.05) is 6.07 Å². The fourth-order valence-electron chi connectivity index (χ4n) is 3.47. The van der Waals surface area contributed by atoms with Crippen LogP contribution in [0, 0.1) is 5.82 Å². The molecule has 2 heterocycles. The van der Waals surface area contributed by atoms with E-state index in [0.717, 1.165) is 17.0 Å². The van der Waals surface area contributed by atoms with E-state index in [-0.39, 0.29) is 23.7 Å². The summed E-state index contributed by atoms with van der Waals surface area (Å²) in [6, 6.07) is 8.95. The second-order valence-electron chi connectivity index (χ2n) is 7.09. The molecule has 1 N–H and O–H groups in total. The molecule has 0 unspecified atom stereocenters. The summed E-state index contributed by atoms with van der Waals surface area (Å²) in [5.74, 6) is -1.88. The molecule has 4 rings (SSSR count). The zero-order chi connectivity index (χ0) is 21.3. The third-order valence-corrected chi connectivity index (χ3v) is 5.19. The van der Waals surface area contributed by atoms with Gasteiger partial charge in [-0.25, -0.2) is 14.0 Å². The highest BCUT2D eigenvalue weighted by atomic mass is 19.1. The van der Waals surface area contributed by atoms with Gasteiger partial charge in [-0.2, -0.15) is 5.10 Å². The molecule has 1 fully saturated rings. The first-order valence-corrected chi connectivity index (χ1v) is 9.52. The van der Waals surface area contributed by atoms with Crippen molar-refractivity contribution in [3.8, 4) is 0 Å². The molecule has 30 heavy (non-hydrogen) atoms. The van der Waals surface area contributed by atoms with Crippen LogP contribution in [0.25, 0.3) is 10.9 Å². The number of aromatic nitrogens is 2. The van der Waals surface area contributed by atoms with E-state index >= 15 is 0 Å². The van der Waals surface area contributed by atoms with Crippen molar-refractivity contribution >= 4 is 28.6 Å². The van der Waals surface area contributed by atoms with Crippen molar-refractivity contribution in [3.63, 3.8) is 0 Å². The maximum Gasteiger partial charge on any atom is 0.335 e. The second kappa shape index (κ2) is 8.11. The maximum atomic E-state index is 14.6. The molecule has 0 aliphatic carbocycles. The number of hydrogen-bond acceptors (Lipinski definition) is 4. The molecule has 2 amide bonds. The van der Waals surface area contributed by atoms with Gasteiger partial charge in [0.25, 0.3) is 0 Å². The molecule has 8 nitrogen and oxygen atoms in total. The van der Waals surface area contributed by atoms with Crippen molar-refractivity contribution in [1.82, 2.24) is 14.7 Å². The summed E-state index contributed by atoms with van der Waals surface area (Å²) in [6.45, 7) is 1.75. The first kappa shape index (κ1) is 19.8. The first-order valence-electron chi connectivity index (χ1n) is 9.52. The molecule has 0 radical (unpaired) electrons. The number of carbonyl (C=O) groups excluding carboxylic acids is 1. The Kier molecular flexibility index (Phi) is 5.37. The van der Waals surface area contributed by atoms with E-state index in [1.54, 1.807) is 21.8 Å². The molecule has 1 saturated heterocycles. The summed E-state index contributed by atoms with van der Waals surface area (Å²) in [4.78, 5) is 27.6. The van der Waals surface area contributed by atoms with Gasteiger partial charge in [0.15, 0.2) is 0 Å². The monoisotopic (exact) mass is 412 g/mol. The number of carboxylic acid groups (broad SMARTS) is 1. The summed E-state index contributed by atoms with van der Waals surface area (Å²) >= 11 is 0. The zero-order valence-electron chi connectivity index (χ0n) is 16.4. The van der Waals surface area contributed by atoms with Gasteiger partial charge in [-0.15, -0.1) is 0 Å². The number of halogens is 1. The number of hydrogen-bond donors (Lipinski definition) is 1. The fraction of sp³-hybridized carbons (Fsp3) is 0.286. The minimum Gasteiger partial charge on any atom is -0.478 e. The van der Waals surface area contributed by atoms with Gasteiger partial charge in [0.2, 0.25) is 0 Å². The molecule has 9 heteroatoms. The Balaban J connectivity index is 1.72. The molecule has 1 aliphatic heterocycles. The average Bonchev–Trinajstić information content (AvgIpc) is 3.13. The Hall–Kier alpha value is -3.46. The van der Waals surface area contributed by atoms with Gasteiger partial charge < -0.3 is 14.7 Å². The van der Waals surface area contributed by atoms with Crippen molar-refractivity contribution < 1.29 is 23.8 Å². The highest BCUT2D eigenvalue weighted by molar-refractivity contribution is 5.95. The third kappa shape index (κ3) is 3.84. The molecule has 0 bridgehead atoms. The Morgan fingerprint density at radius 2 is 1.97 bits per heavy atom. The number of carboxylic acids is 1. The largest absolute Gasteiger partial charge is 0.478 e. The lowest BCUT2D eigenvalue weighted by Gasteiger charge is -2.33.